The van der Waals surface area contributed by atoms with Crippen molar-refractivity contribution in [1.29, 1.82) is 0 Å². The standard InChI is InChI=1S/C16H24N2O3/c1-10-8-7-9-12(13(10)14(19)20)17-15(21)18(6)11(2)16(3,4)5/h7-9,11H,1-6H3,(H,17,21)(H,19,20). The molecule has 2 amide bonds. The molecular weight excluding hydrogens is 268 g/mol. The molecule has 0 saturated heterocycles. The molecule has 2 N–H and O–H groups in total. The minimum absolute atomic E-state index is 0.00980. The number of benzene rings is 1. The van der Waals surface area contributed by atoms with Crippen molar-refractivity contribution in [2.75, 3.05) is 12.4 Å². The van der Waals surface area contributed by atoms with Gasteiger partial charge in [0, 0.05) is 13.1 Å². The largest absolute Gasteiger partial charge is 0.478 e. The second-order valence-corrected chi connectivity index (χ2v) is 6.39. The lowest BCUT2D eigenvalue weighted by molar-refractivity contribution is 0.0697. The second kappa shape index (κ2) is 6.16. The number of aryl methyl sites for hydroxylation is 1. The fraction of sp³-hybridized carbons (Fsp3) is 0.500. The molecule has 0 heterocycles. The van der Waals surface area contributed by atoms with Crippen LogP contribution >= 0.6 is 0 Å². The fourth-order valence-corrected chi connectivity index (χ4v) is 2.02. The van der Waals surface area contributed by atoms with Crippen LogP contribution in [0.3, 0.4) is 0 Å². The third-order valence-corrected chi connectivity index (χ3v) is 3.88. The van der Waals surface area contributed by atoms with Crippen molar-refractivity contribution in [2.45, 2.75) is 40.7 Å². The third-order valence-electron chi connectivity index (χ3n) is 3.88. The highest BCUT2D eigenvalue weighted by atomic mass is 16.4. The smallest absolute Gasteiger partial charge is 0.338 e. The van der Waals surface area contributed by atoms with Crippen molar-refractivity contribution >= 4 is 17.7 Å². The van der Waals surface area contributed by atoms with E-state index in [-0.39, 0.29) is 23.1 Å². The normalized spacial score (nSPS) is 12.7. The SMILES string of the molecule is Cc1cccc(NC(=O)N(C)C(C)C(C)(C)C)c1C(=O)O. The van der Waals surface area contributed by atoms with E-state index < -0.39 is 5.97 Å². The van der Waals surface area contributed by atoms with Gasteiger partial charge in [-0.2, -0.15) is 0 Å². The summed E-state index contributed by atoms with van der Waals surface area (Å²) in [6.45, 7) is 9.83. The summed E-state index contributed by atoms with van der Waals surface area (Å²) in [5, 5.41) is 12.0. The van der Waals surface area contributed by atoms with Crippen LogP contribution in [-0.4, -0.2) is 35.1 Å². The Morgan fingerprint density at radius 3 is 2.33 bits per heavy atom. The number of carbonyl (C=O) groups excluding carboxylic acids is 1. The number of urea groups is 1. The van der Waals surface area contributed by atoms with E-state index in [0.29, 0.717) is 11.3 Å². The number of nitrogens with zero attached hydrogens (tertiary/aromatic N) is 1. The maximum Gasteiger partial charge on any atom is 0.338 e. The Labute approximate surface area is 126 Å². The van der Waals surface area contributed by atoms with Crippen LogP contribution < -0.4 is 5.32 Å². The van der Waals surface area contributed by atoms with Gasteiger partial charge in [0.2, 0.25) is 0 Å². The summed E-state index contributed by atoms with van der Waals surface area (Å²) in [7, 11) is 1.71. The summed E-state index contributed by atoms with van der Waals surface area (Å²) in [5.74, 6) is -1.05. The zero-order chi connectivity index (χ0) is 16.4. The van der Waals surface area contributed by atoms with Crippen LogP contribution in [0.25, 0.3) is 0 Å². The van der Waals surface area contributed by atoms with E-state index in [1.807, 2.05) is 6.92 Å². The highest BCUT2D eigenvalue weighted by Gasteiger charge is 2.27. The zero-order valence-electron chi connectivity index (χ0n) is 13.5. The molecule has 1 rings (SSSR count). The summed E-state index contributed by atoms with van der Waals surface area (Å²) < 4.78 is 0. The molecule has 1 unspecified atom stereocenters. The van der Waals surface area contributed by atoms with Crippen molar-refractivity contribution in [3.8, 4) is 0 Å². The first-order valence-corrected chi connectivity index (χ1v) is 6.92. The lowest BCUT2D eigenvalue weighted by Gasteiger charge is -2.35. The molecule has 0 aliphatic heterocycles. The summed E-state index contributed by atoms with van der Waals surface area (Å²) in [6.07, 6.45) is 0. The van der Waals surface area contributed by atoms with E-state index in [4.69, 9.17) is 0 Å². The predicted octanol–water partition coefficient (Wildman–Crippen LogP) is 3.59. The maximum absolute atomic E-state index is 12.3. The number of nitrogens with one attached hydrogen (secondary N) is 1. The van der Waals surface area contributed by atoms with Crippen LogP contribution in [0.2, 0.25) is 0 Å². The van der Waals surface area contributed by atoms with Crippen LogP contribution in [0.1, 0.15) is 43.6 Å². The van der Waals surface area contributed by atoms with Gasteiger partial charge in [-0.05, 0) is 30.9 Å². The number of amides is 2. The summed E-state index contributed by atoms with van der Waals surface area (Å²) in [4.78, 5) is 25.2. The van der Waals surface area contributed by atoms with E-state index in [0.717, 1.165) is 0 Å². The van der Waals surface area contributed by atoms with Gasteiger partial charge in [0.15, 0.2) is 0 Å². The summed E-state index contributed by atoms with van der Waals surface area (Å²) in [5.41, 5.74) is 1.00. The van der Waals surface area contributed by atoms with E-state index in [2.05, 4.69) is 26.1 Å². The monoisotopic (exact) mass is 292 g/mol. The van der Waals surface area contributed by atoms with Gasteiger partial charge >= 0.3 is 12.0 Å². The molecule has 1 aromatic rings. The highest BCUT2D eigenvalue weighted by molar-refractivity contribution is 6.01. The van der Waals surface area contributed by atoms with Crippen molar-refractivity contribution in [2.24, 2.45) is 5.41 Å². The van der Waals surface area contributed by atoms with Gasteiger partial charge in [-0.1, -0.05) is 32.9 Å². The molecule has 5 heteroatoms. The van der Waals surface area contributed by atoms with Gasteiger partial charge in [0.25, 0.3) is 0 Å². The maximum atomic E-state index is 12.3. The molecule has 0 aliphatic rings. The van der Waals surface area contributed by atoms with Gasteiger partial charge in [-0.3, -0.25) is 0 Å². The molecule has 0 aromatic heterocycles. The number of hydrogen-bond donors (Lipinski definition) is 2. The second-order valence-electron chi connectivity index (χ2n) is 6.39. The first-order valence-electron chi connectivity index (χ1n) is 6.92. The van der Waals surface area contributed by atoms with Gasteiger partial charge in [0.05, 0.1) is 11.3 Å². The average molecular weight is 292 g/mol. The Kier molecular flexibility index (Phi) is 4.99. The summed E-state index contributed by atoms with van der Waals surface area (Å²) in [6, 6.07) is 4.73. The quantitative estimate of drug-likeness (QED) is 0.894. The molecule has 1 atom stereocenters. The molecule has 21 heavy (non-hydrogen) atoms. The molecule has 0 fully saturated rings. The lowest BCUT2D eigenvalue weighted by atomic mass is 9.87. The third kappa shape index (κ3) is 3.97. The number of anilines is 1. The highest BCUT2D eigenvalue weighted by Crippen LogP contribution is 2.25. The first-order chi connectivity index (χ1) is 9.55. The number of carbonyl (C=O) groups is 2. The van der Waals surface area contributed by atoms with Gasteiger partial charge < -0.3 is 15.3 Å². The van der Waals surface area contributed by atoms with Crippen molar-refractivity contribution < 1.29 is 14.7 Å². The lowest BCUT2D eigenvalue weighted by Crippen LogP contribution is -2.45. The number of rotatable bonds is 3. The van der Waals surface area contributed by atoms with Crippen LogP contribution in [0, 0.1) is 12.3 Å². The molecular formula is C16H24N2O3. The van der Waals surface area contributed by atoms with E-state index in [9.17, 15) is 14.7 Å². The Hall–Kier alpha value is -2.04. The Bertz CT molecular complexity index is 547. The molecule has 0 bridgehead atoms. The number of carboxylic acid groups (broad SMARTS) is 1. The van der Waals surface area contributed by atoms with E-state index in [1.165, 1.54) is 0 Å². The molecule has 1 aromatic carbocycles. The van der Waals surface area contributed by atoms with Crippen LogP contribution in [-0.2, 0) is 0 Å². The Morgan fingerprint density at radius 2 is 1.86 bits per heavy atom. The fourth-order valence-electron chi connectivity index (χ4n) is 2.02. The van der Waals surface area contributed by atoms with Crippen molar-refractivity contribution in [1.82, 2.24) is 4.90 Å². The average Bonchev–Trinajstić information content (AvgIpc) is 2.35. The topological polar surface area (TPSA) is 69.6 Å². The van der Waals surface area contributed by atoms with Crippen LogP contribution in [0.4, 0.5) is 10.5 Å². The van der Waals surface area contributed by atoms with Crippen LogP contribution in [0.5, 0.6) is 0 Å². The van der Waals surface area contributed by atoms with Gasteiger partial charge in [-0.25, -0.2) is 9.59 Å². The Balaban J connectivity index is 3.00. The minimum Gasteiger partial charge on any atom is -0.478 e. The Morgan fingerprint density at radius 1 is 1.29 bits per heavy atom. The number of carboxylic acids is 1. The number of hydrogen-bond acceptors (Lipinski definition) is 2. The van der Waals surface area contributed by atoms with Crippen molar-refractivity contribution in [3.05, 3.63) is 29.3 Å². The van der Waals surface area contributed by atoms with Crippen molar-refractivity contribution in [3.63, 3.8) is 0 Å². The van der Waals surface area contributed by atoms with E-state index >= 15 is 0 Å². The zero-order valence-corrected chi connectivity index (χ0v) is 13.5. The minimum atomic E-state index is -1.05. The number of aromatic carboxylic acids is 1. The first kappa shape index (κ1) is 17.0. The predicted molar refractivity (Wildman–Crippen MR) is 83.8 cm³/mol. The van der Waals surface area contributed by atoms with Gasteiger partial charge in [0.1, 0.15) is 0 Å². The molecule has 5 nitrogen and oxygen atoms in total. The molecule has 0 saturated carbocycles. The summed E-state index contributed by atoms with van der Waals surface area (Å²) >= 11 is 0. The van der Waals surface area contributed by atoms with Crippen LogP contribution in [0.15, 0.2) is 18.2 Å². The van der Waals surface area contributed by atoms with Gasteiger partial charge in [-0.15, -0.1) is 0 Å². The molecule has 116 valence electrons. The molecule has 0 spiro atoms. The van der Waals surface area contributed by atoms with E-state index in [1.54, 1.807) is 37.1 Å². The molecule has 0 aliphatic carbocycles. The molecule has 0 radical (unpaired) electrons.